The number of para-hydroxylation sites is 1. The number of nitrogens with zero attached hydrogens (tertiary/aromatic N) is 2. The molecule has 1 fully saturated rings. The molecule has 19 heavy (non-hydrogen) atoms. The van der Waals surface area contributed by atoms with Crippen LogP contribution in [0.5, 0.6) is 0 Å². The van der Waals surface area contributed by atoms with Crippen molar-refractivity contribution in [1.82, 2.24) is 4.31 Å². The fourth-order valence-electron chi connectivity index (χ4n) is 1.98. The number of sulfonamides is 1. The molecule has 0 aromatic heterocycles. The van der Waals surface area contributed by atoms with Crippen LogP contribution in [0.3, 0.4) is 0 Å². The zero-order valence-corrected chi connectivity index (χ0v) is 10.8. The Kier molecular flexibility index (Phi) is 3.52. The van der Waals surface area contributed by atoms with Gasteiger partial charge in [0.2, 0.25) is 5.91 Å². The van der Waals surface area contributed by atoms with Gasteiger partial charge in [-0.25, -0.2) is 12.7 Å². The molecule has 0 spiro atoms. The Bertz CT molecular complexity index is 626. The number of amides is 1. The molecule has 0 bridgehead atoms. The van der Waals surface area contributed by atoms with Crippen molar-refractivity contribution in [3.8, 4) is 0 Å². The summed E-state index contributed by atoms with van der Waals surface area (Å²) in [7, 11) is -4.14. The Morgan fingerprint density at radius 1 is 1.21 bits per heavy atom. The molecule has 1 aliphatic heterocycles. The number of nitro benzene ring substituents is 1. The molecule has 102 valence electrons. The number of piperidine rings is 1. The molecule has 0 radical (unpaired) electrons. The summed E-state index contributed by atoms with van der Waals surface area (Å²) in [5, 5.41) is 10.9. The molecule has 0 saturated carbocycles. The van der Waals surface area contributed by atoms with E-state index in [1.807, 2.05) is 0 Å². The number of nitro groups is 1. The largest absolute Gasteiger partial charge is 0.289 e. The van der Waals surface area contributed by atoms with Gasteiger partial charge in [0.05, 0.1) is 4.92 Å². The molecular formula is C11H12N2O5S. The van der Waals surface area contributed by atoms with E-state index in [1.165, 1.54) is 12.1 Å². The molecular weight excluding hydrogens is 272 g/mol. The number of carbonyl (C=O) groups excluding carboxylic acids is 1. The Morgan fingerprint density at radius 2 is 1.89 bits per heavy atom. The second kappa shape index (κ2) is 4.96. The third-order valence-corrected chi connectivity index (χ3v) is 4.78. The maximum Gasteiger partial charge on any atom is 0.289 e. The highest BCUT2D eigenvalue weighted by Crippen LogP contribution is 2.28. The van der Waals surface area contributed by atoms with Crippen molar-refractivity contribution in [1.29, 1.82) is 0 Å². The normalized spacial score (nSPS) is 16.4. The molecule has 8 heteroatoms. The first kappa shape index (κ1) is 13.5. The number of rotatable bonds is 3. The van der Waals surface area contributed by atoms with Gasteiger partial charge >= 0.3 is 0 Å². The monoisotopic (exact) mass is 284 g/mol. The van der Waals surface area contributed by atoms with Gasteiger partial charge in [0.15, 0.2) is 4.90 Å². The van der Waals surface area contributed by atoms with E-state index in [9.17, 15) is 23.3 Å². The van der Waals surface area contributed by atoms with E-state index in [1.54, 1.807) is 0 Å². The van der Waals surface area contributed by atoms with Crippen molar-refractivity contribution in [3.63, 3.8) is 0 Å². The Morgan fingerprint density at radius 3 is 2.53 bits per heavy atom. The zero-order chi connectivity index (χ0) is 14.0. The Hall–Kier alpha value is -1.96. The first-order chi connectivity index (χ1) is 8.94. The standard InChI is InChI=1S/C11H12N2O5S/c14-11-7-3-4-8-12(11)19(17,18)10-6-2-1-5-9(10)13(15)16/h1-2,5-6H,3-4,7-8H2. The number of hydrogen-bond acceptors (Lipinski definition) is 5. The van der Waals surface area contributed by atoms with Crippen molar-refractivity contribution in [2.75, 3.05) is 6.54 Å². The fraction of sp³-hybridized carbons (Fsp3) is 0.364. The summed E-state index contributed by atoms with van der Waals surface area (Å²) >= 11 is 0. The van der Waals surface area contributed by atoms with Crippen molar-refractivity contribution < 1.29 is 18.1 Å². The quantitative estimate of drug-likeness (QED) is 0.615. The molecule has 0 aliphatic carbocycles. The summed E-state index contributed by atoms with van der Waals surface area (Å²) in [5.41, 5.74) is -0.513. The van der Waals surface area contributed by atoms with Crippen LogP contribution in [-0.2, 0) is 14.8 Å². The highest BCUT2D eigenvalue weighted by Gasteiger charge is 2.35. The van der Waals surface area contributed by atoms with Gasteiger partial charge in [0.25, 0.3) is 15.7 Å². The van der Waals surface area contributed by atoms with Crippen LogP contribution in [0.4, 0.5) is 5.69 Å². The predicted octanol–water partition coefficient (Wildman–Crippen LogP) is 1.30. The molecule has 0 atom stereocenters. The van der Waals surface area contributed by atoms with Crippen molar-refractivity contribution >= 4 is 21.6 Å². The summed E-state index contributed by atoms with van der Waals surface area (Å²) < 4.78 is 25.4. The van der Waals surface area contributed by atoms with E-state index in [0.717, 1.165) is 16.4 Å². The van der Waals surface area contributed by atoms with Gasteiger partial charge in [-0.2, -0.15) is 0 Å². The third-order valence-electron chi connectivity index (χ3n) is 2.91. The van der Waals surface area contributed by atoms with Crippen LogP contribution < -0.4 is 0 Å². The van der Waals surface area contributed by atoms with E-state index in [2.05, 4.69) is 0 Å². The first-order valence-electron chi connectivity index (χ1n) is 5.73. The van der Waals surface area contributed by atoms with Crippen LogP contribution in [0, 0.1) is 10.1 Å². The molecule has 0 N–H and O–H groups in total. The lowest BCUT2D eigenvalue weighted by atomic mass is 10.2. The van der Waals surface area contributed by atoms with Gasteiger partial charge in [-0.3, -0.25) is 14.9 Å². The molecule has 7 nitrogen and oxygen atoms in total. The van der Waals surface area contributed by atoms with Gasteiger partial charge in [0.1, 0.15) is 0 Å². The van der Waals surface area contributed by atoms with Gasteiger partial charge in [-0.15, -0.1) is 0 Å². The smallest absolute Gasteiger partial charge is 0.274 e. The average molecular weight is 284 g/mol. The molecule has 1 aromatic rings. The van der Waals surface area contributed by atoms with Gasteiger partial charge in [-0.05, 0) is 18.9 Å². The minimum atomic E-state index is -4.14. The Balaban J connectivity index is 2.50. The molecule has 1 aliphatic rings. The SMILES string of the molecule is O=C1CCCCN1S(=O)(=O)c1ccccc1[N+](=O)[O-]. The van der Waals surface area contributed by atoms with E-state index in [4.69, 9.17) is 0 Å². The van der Waals surface area contributed by atoms with Gasteiger partial charge in [-0.1, -0.05) is 12.1 Å². The van der Waals surface area contributed by atoms with E-state index in [0.29, 0.717) is 12.8 Å². The highest BCUT2D eigenvalue weighted by molar-refractivity contribution is 7.89. The summed E-state index contributed by atoms with van der Waals surface area (Å²) in [6, 6.07) is 5.04. The van der Waals surface area contributed by atoms with Crippen LogP contribution in [0.2, 0.25) is 0 Å². The lowest BCUT2D eigenvalue weighted by molar-refractivity contribution is -0.387. The second-order valence-electron chi connectivity index (χ2n) is 4.15. The molecule has 1 saturated heterocycles. The average Bonchev–Trinajstić information content (AvgIpc) is 2.39. The van der Waals surface area contributed by atoms with Crippen LogP contribution in [0.15, 0.2) is 29.2 Å². The van der Waals surface area contributed by atoms with Crippen LogP contribution in [0.25, 0.3) is 0 Å². The number of benzene rings is 1. The summed E-state index contributed by atoms with van der Waals surface area (Å²) in [5.74, 6) is -0.510. The van der Waals surface area contributed by atoms with Gasteiger partial charge in [0, 0.05) is 19.0 Å². The van der Waals surface area contributed by atoms with Crippen molar-refractivity contribution in [3.05, 3.63) is 34.4 Å². The fourth-order valence-corrected chi connectivity index (χ4v) is 3.60. The number of hydrogen-bond donors (Lipinski definition) is 0. The lowest BCUT2D eigenvalue weighted by Crippen LogP contribution is -2.40. The molecule has 1 aromatic carbocycles. The summed E-state index contributed by atoms with van der Waals surface area (Å²) in [4.78, 5) is 21.3. The van der Waals surface area contributed by atoms with E-state index in [-0.39, 0.29) is 13.0 Å². The van der Waals surface area contributed by atoms with Crippen LogP contribution in [-0.4, -0.2) is 30.1 Å². The van der Waals surface area contributed by atoms with Crippen LogP contribution in [0.1, 0.15) is 19.3 Å². The molecule has 1 amide bonds. The molecule has 0 unspecified atom stereocenters. The predicted molar refractivity (Wildman–Crippen MR) is 65.8 cm³/mol. The van der Waals surface area contributed by atoms with Crippen molar-refractivity contribution in [2.45, 2.75) is 24.2 Å². The first-order valence-corrected chi connectivity index (χ1v) is 7.17. The minimum absolute atomic E-state index is 0.0766. The summed E-state index contributed by atoms with van der Waals surface area (Å²) in [6.07, 6.45) is 1.37. The summed E-state index contributed by atoms with van der Waals surface area (Å²) in [6.45, 7) is 0.0766. The molecule has 2 rings (SSSR count). The third kappa shape index (κ3) is 2.43. The zero-order valence-electron chi connectivity index (χ0n) is 9.98. The Labute approximate surface area is 110 Å². The second-order valence-corrected chi connectivity index (χ2v) is 5.98. The number of carbonyl (C=O) groups is 1. The maximum absolute atomic E-state index is 12.3. The van der Waals surface area contributed by atoms with Crippen molar-refractivity contribution in [2.24, 2.45) is 0 Å². The minimum Gasteiger partial charge on any atom is -0.274 e. The molecule has 1 heterocycles. The lowest BCUT2D eigenvalue weighted by Gasteiger charge is -2.25. The van der Waals surface area contributed by atoms with E-state index >= 15 is 0 Å². The van der Waals surface area contributed by atoms with Crippen LogP contribution >= 0.6 is 0 Å². The maximum atomic E-state index is 12.3. The van der Waals surface area contributed by atoms with E-state index < -0.39 is 31.4 Å². The topological polar surface area (TPSA) is 97.6 Å². The highest BCUT2D eigenvalue weighted by atomic mass is 32.2. The van der Waals surface area contributed by atoms with Gasteiger partial charge < -0.3 is 0 Å².